The maximum absolute atomic E-state index is 12.2. The van der Waals surface area contributed by atoms with Gasteiger partial charge in [-0.25, -0.2) is 0 Å². The second-order valence-corrected chi connectivity index (χ2v) is 4.80. The highest BCUT2D eigenvalue weighted by Gasteiger charge is 2.15. The zero-order valence-corrected chi connectivity index (χ0v) is 12.6. The summed E-state index contributed by atoms with van der Waals surface area (Å²) in [5.41, 5.74) is 1.22. The Labute approximate surface area is 129 Å². The van der Waals surface area contributed by atoms with E-state index >= 15 is 0 Å². The van der Waals surface area contributed by atoms with E-state index in [9.17, 15) is 9.59 Å². The van der Waals surface area contributed by atoms with Gasteiger partial charge in [0.05, 0.1) is 13.7 Å². The maximum atomic E-state index is 12.2. The molecule has 22 heavy (non-hydrogen) atoms. The van der Waals surface area contributed by atoms with E-state index in [2.05, 4.69) is 5.32 Å². The van der Waals surface area contributed by atoms with Crippen LogP contribution in [0.4, 0.5) is 5.69 Å². The number of para-hydroxylation sites is 1. The van der Waals surface area contributed by atoms with Crippen LogP contribution in [0.25, 0.3) is 0 Å². The largest absolute Gasteiger partial charge is 0.497 e. The Hall–Kier alpha value is -2.82. The monoisotopic (exact) mass is 298 g/mol. The fraction of sp³-hybridized carbons (Fsp3) is 0.176. The van der Waals surface area contributed by atoms with Crippen LogP contribution in [0.5, 0.6) is 5.75 Å². The standard InChI is InChI=1S/C17H18N2O3/c1-19(12-16(20)18-14-6-4-3-5-7-14)17(21)13-8-10-15(22-2)11-9-13/h3-11H,12H2,1-2H3,(H,18,20). The van der Waals surface area contributed by atoms with Gasteiger partial charge in [0.2, 0.25) is 5.91 Å². The molecule has 0 heterocycles. The van der Waals surface area contributed by atoms with Crippen LogP contribution in [0.3, 0.4) is 0 Å². The van der Waals surface area contributed by atoms with Gasteiger partial charge in [-0.05, 0) is 36.4 Å². The van der Waals surface area contributed by atoms with Crippen molar-refractivity contribution < 1.29 is 14.3 Å². The summed E-state index contributed by atoms with van der Waals surface area (Å²) in [7, 11) is 3.16. The van der Waals surface area contributed by atoms with Crippen molar-refractivity contribution in [2.24, 2.45) is 0 Å². The van der Waals surface area contributed by atoms with Crippen molar-refractivity contribution in [1.82, 2.24) is 4.90 Å². The molecule has 2 rings (SSSR count). The molecular formula is C17H18N2O3. The van der Waals surface area contributed by atoms with E-state index in [4.69, 9.17) is 4.74 Å². The summed E-state index contributed by atoms with van der Waals surface area (Å²) in [6.07, 6.45) is 0. The highest BCUT2D eigenvalue weighted by Crippen LogP contribution is 2.12. The van der Waals surface area contributed by atoms with Crippen molar-refractivity contribution in [2.45, 2.75) is 0 Å². The number of hydrogen-bond donors (Lipinski definition) is 1. The third kappa shape index (κ3) is 4.09. The fourth-order valence-corrected chi connectivity index (χ4v) is 1.96. The smallest absolute Gasteiger partial charge is 0.254 e. The summed E-state index contributed by atoms with van der Waals surface area (Å²) in [5, 5.41) is 2.74. The van der Waals surface area contributed by atoms with Gasteiger partial charge in [0.1, 0.15) is 5.75 Å². The molecule has 0 radical (unpaired) electrons. The number of nitrogens with zero attached hydrogens (tertiary/aromatic N) is 1. The number of nitrogens with one attached hydrogen (secondary N) is 1. The first kappa shape index (κ1) is 15.6. The molecule has 0 aliphatic heterocycles. The van der Waals surface area contributed by atoms with E-state index in [0.717, 1.165) is 0 Å². The van der Waals surface area contributed by atoms with Gasteiger partial charge in [-0.2, -0.15) is 0 Å². The number of hydrogen-bond acceptors (Lipinski definition) is 3. The second kappa shape index (κ2) is 7.26. The normalized spacial score (nSPS) is 9.91. The molecule has 0 fully saturated rings. The number of benzene rings is 2. The highest BCUT2D eigenvalue weighted by molar-refractivity contribution is 5.99. The van der Waals surface area contributed by atoms with Crippen LogP contribution in [0.1, 0.15) is 10.4 Å². The first-order valence-corrected chi connectivity index (χ1v) is 6.84. The van der Waals surface area contributed by atoms with E-state index in [-0.39, 0.29) is 18.4 Å². The summed E-state index contributed by atoms with van der Waals surface area (Å²) in [4.78, 5) is 25.5. The molecule has 0 bridgehead atoms. The lowest BCUT2D eigenvalue weighted by Gasteiger charge is -2.17. The molecule has 2 amide bonds. The molecule has 0 spiro atoms. The average Bonchev–Trinajstić information content (AvgIpc) is 2.55. The SMILES string of the molecule is COc1ccc(C(=O)N(C)CC(=O)Nc2ccccc2)cc1. The van der Waals surface area contributed by atoms with Crippen molar-refractivity contribution in [1.29, 1.82) is 0 Å². The highest BCUT2D eigenvalue weighted by atomic mass is 16.5. The topological polar surface area (TPSA) is 58.6 Å². The van der Waals surface area contributed by atoms with Crippen molar-refractivity contribution in [3.8, 4) is 5.75 Å². The zero-order valence-electron chi connectivity index (χ0n) is 12.6. The number of amides is 2. The Balaban J connectivity index is 1.94. The molecule has 0 aliphatic carbocycles. The van der Waals surface area contributed by atoms with Gasteiger partial charge in [-0.1, -0.05) is 18.2 Å². The van der Waals surface area contributed by atoms with E-state index in [1.807, 2.05) is 18.2 Å². The van der Waals surface area contributed by atoms with Crippen LogP contribution in [-0.2, 0) is 4.79 Å². The predicted octanol–water partition coefficient (Wildman–Crippen LogP) is 2.41. The molecule has 0 aromatic heterocycles. The molecule has 2 aromatic carbocycles. The molecule has 2 aromatic rings. The minimum absolute atomic E-state index is 0.0141. The number of rotatable bonds is 5. The Morgan fingerprint density at radius 2 is 1.68 bits per heavy atom. The Bertz CT molecular complexity index is 639. The van der Waals surface area contributed by atoms with Gasteiger partial charge in [-0.15, -0.1) is 0 Å². The van der Waals surface area contributed by atoms with Gasteiger partial charge in [0.15, 0.2) is 0 Å². The predicted molar refractivity (Wildman–Crippen MR) is 85.0 cm³/mol. The average molecular weight is 298 g/mol. The maximum Gasteiger partial charge on any atom is 0.254 e. The molecule has 0 unspecified atom stereocenters. The van der Waals surface area contributed by atoms with Gasteiger partial charge < -0.3 is 15.0 Å². The number of methoxy groups -OCH3 is 1. The molecular weight excluding hydrogens is 280 g/mol. The third-order valence-corrected chi connectivity index (χ3v) is 3.12. The van der Waals surface area contributed by atoms with Gasteiger partial charge in [0.25, 0.3) is 5.91 Å². The lowest BCUT2D eigenvalue weighted by atomic mass is 10.2. The van der Waals surface area contributed by atoms with Gasteiger partial charge in [-0.3, -0.25) is 9.59 Å². The number of likely N-dealkylation sites (N-methyl/N-ethyl adjacent to an activating group) is 1. The molecule has 1 N–H and O–H groups in total. The summed E-state index contributed by atoms with van der Waals surface area (Å²) >= 11 is 0. The fourth-order valence-electron chi connectivity index (χ4n) is 1.96. The minimum Gasteiger partial charge on any atom is -0.497 e. The molecule has 0 atom stereocenters. The van der Waals surface area contributed by atoms with E-state index < -0.39 is 0 Å². The molecule has 5 nitrogen and oxygen atoms in total. The Kier molecular flexibility index (Phi) is 5.14. The Morgan fingerprint density at radius 1 is 1.05 bits per heavy atom. The molecule has 0 saturated heterocycles. The van der Waals surface area contributed by atoms with Crippen molar-refractivity contribution >= 4 is 17.5 Å². The van der Waals surface area contributed by atoms with Crippen LogP contribution in [-0.4, -0.2) is 37.4 Å². The van der Waals surface area contributed by atoms with Crippen LogP contribution in [0.15, 0.2) is 54.6 Å². The number of anilines is 1. The minimum atomic E-state index is -0.240. The van der Waals surface area contributed by atoms with Crippen molar-refractivity contribution in [2.75, 3.05) is 26.0 Å². The number of carbonyl (C=O) groups excluding carboxylic acids is 2. The summed E-state index contributed by atoms with van der Waals surface area (Å²) < 4.78 is 5.05. The van der Waals surface area contributed by atoms with Crippen molar-refractivity contribution in [3.63, 3.8) is 0 Å². The molecule has 114 valence electrons. The lowest BCUT2D eigenvalue weighted by Crippen LogP contribution is -2.34. The molecule has 0 saturated carbocycles. The number of carbonyl (C=O) groups is 2. The summed E-state index contributed by atoms with van der Waals surface area (Å²) in [6, 6.07) is 15.9. The van der Waals surface area contributed by atoms with Crippen LogP contribution >= 0.6 is 0 Å². The zero-order chi connectivity index (χ0) is 15.9. The third-order valence-electron chi connectivity index (χ3n) is 3.12. The van der Waals surface area contributed by atoms with E-state index in [1.165, 1.54) is 4.90 Å². The molecule has 5 heteroatoms. The van der Waals surface area contributed by atoms with E-state index in [0.29, 0.717) is 17.0 Å². The quantitative estimate of drug-likeness (QED) is 0.922. The van der Waals surface area contributed by atoms with Crippen LogP contribution in [0.2, 0.25) is 0 Å². The molecule has 0 aliphatic rings. The van der Waals surface area contributed by atoms with Crippen molar-refractivity contribution in [3.05, 3.63) is 60.2 Å². The first-order chi connectivity index (χ1) is 10.6. The number of ether oxygens (including phenoxy) is 1. The summed E-state index contributed by atoms with van der Waals surface area (Å²) in [6.45, 7) is -0.0141. The van der Waals surface area contributed by atoms with Gasteiger partial charge >= 0.3 is 0 Å². The lowest BCUT2D eigenvalue weighted by molar-refractivity contribution is -0.116. The summed E-state index contributed by atoms with van der Waals surface area (Å²) in [5.74, 6) is 0.224. The van der Waals surface area contributed by atoms with E-state index in [1.54, 1.807) is 50.6 Å². The first-order valence-electron chi connectivity index (χ1n) is 6.84. The van der Waals surface area contributed by atoms with Gasteiger partial charge in [0, 0.05) is 18.3 Å². The van der Waals surface area contributed by atoms with Crippen LogP contribution < -0.4 is 10.1 Å². The van der Waals surface area contributed by atoms with Crippen LogP contribution in [0, 0.1) is 0 Å². The Morgan fingerprint density at radius 3 is 2.27 bits per heavy atom. The second-order valence-electron chi connectivity index (χ2n) is 4.80.